The minimum Gasteiger partial charge on any atom is -0.389 e. The monoisotopic (exact) mass is 489 g/mol. The molecule has 0 spiro atoms. The molecule has 11 heteroatoms. The van der Waals surface area contributed by atoms with E-state index in [0.29, 0.717) is 25.1 Å². The summed E-state index contributed by atoms with van der Waals surface area (Å²) in [5, 5.41) is 17.1. The molecule has 3 N–H and O–H groups in total. The number of sulfonamides is 1. The van der Waals surface area contributed by atoms with E-state index in [1.165, 1.54) is 16.4 Å². The molecular weight excluding hydrogens is 456 g/mol. The molecule has 0 aromatic heterocycles. The van der Waals surface area contributed by atoms with Crippen LogP contribution in [0.1, 0.15) is 31.7 Å². The van der Waals surface area contributed by atoms with Gasteiger partial charge in [-0.1, -0.05) is 13.3 Å². The maximum Gasteiger partial charge on any atom is 0.226 e. The molecule has 4 atom stereocenters. The third-order valence-electron chi connectivity index (χ3n) is 6.19. The van der Waals surface area contributed by atoms with Gasteiger partial charge in [0.2, 0.25) is 15.9 Å². The van der Waals surface area contributed by atoms with E-state index in [0.717, 1.165) is 25.2 Å². The summed E-state index contributed by atoms with van der Waals surface area (Å²) in [6, 6.07) is 1.91. The van der Waals surface area contributed by atoms with E-state index >= 15 is 0 Å². The number of unbranched alkanes of at least 4 members (excludes halogenated alkanes) is 1. The Morgan fingerprint density at radius 2 is 1.97 bits per heavy atom. The predicted octanol–water partition coefficient (Wildman–Crippen LogP) is 0.792. The average molecular weight is 490 g/mol. The number of hydrogen-bond acceptors (Lipinski definition) is 6. The highest BCUT2D eigenvalue weighted by molar-refractivity contribution is 7.88. The highest BCUT2D eigenvalue weighted by atomic mass is 32.2. The summed E-state index contributed by atoms with van der Waals surface area (Å²) in [4.78, 5) is 12.8. The van der Waals surface area contributed by atoms with Gasteiger partial charge in [0.1, 0.15) is 11.6 Å². The molecule has 2 heterocycles. The topological polar surface area (TPSA) is 108 Å². The lowest BCUT2D eigenvalue weighted by Crippen LogP contribution is -2.59. The number of halogens is 2. The molecular formula is C22H33F2N3O5S. The summed E-state index contributed by atoms with van der Waals surface area (Å²) in [7, 11) is -3.37. The maximum absolute atomic E-state index is 13.7. The Hall–Kier alpha value is -1.66. The number of ether oxygens (including phenoxy) is 1. The van der Waals surface area contributed by atoms with Crippen LogP contribution in [0.25, 0.3) is 0 Å². The predicted molar refractivity (Wildman–Crippen MR) is 119 cm³/mol. The van der Waals surface area contributed by atoms with Crippen LogP contribution in [0, 0.1) is 17.6 Å². The second-order valence-corrected chi connectivity index (χ2v) is 10.9. The van der Waals surface area contributed by atoms with Crippen LogP contribution in [0.4, 0.5) is 8.78 Å². The van der Waals surface area contributed by atoms with Crippen molar-refractivity contribution >= 4 is 15.9 Å². The highest BCUT2D eigenvalue weighted by Crippen LogP contribution is 2.22. The third-order valence-corrected chi connectivity index (χ3v) is 7.43. The first kappa shape index (κ1) is 26.0. The molecule has 0 radical (unpaired) electrons. The summed E-state index contributed by atoms with van der Waals surface area (Å²) in [6.45, 7) is 3.40. The zero-order chi connectivity index (χ0) is 24.2. The number of carbonyl (C=O) groups is 1. The number of amides is 1. The van der Waals surface area contributed by atoms with E-state index in [9.17, 15) is 27.1 Å². The lowest BCUT2D eigenvalue weighted by Gasteiger charge is -2.37. The van der Waals surface area contributed by atoms with E-state index < -0.39 is 45.6 Å². The van der Waals surface area contributed by atoms with Crippen LogP contribution < -0.4 is 10.6 Å². The molecule has 2 aliphatic rings. The van der Waals surface area contributed by atoms with E-state index in [1.807, 2.05) is 0 Å². The highest BCUT2D eigenvalue weighted by Gasteiger charge is 2.40. The minimum absolute atomic E-state index is 0.0175. The molecule has 1 aromatic rings. The van der Waals surface area contributed by atoms with Gasteiger partial charge in [-0.15, -0.1) is 0 Å². The summed E-state index contributed by atoms with van der Waals surface area (Å²) < 4.78 is 57.6. The van der Waals surface area contributed by atoms with Gasteiger partial charge in [-0.25, -0.2) is 21.5 Å². The Kier molecular flexibility index (Phi) is 8.79. The van der Waals surface area contributed by atoms with Crippen molar-refractivity contribution in [2.75, 3.05) is 32.5 Å². The zero-order valence-electron chi connectivity index (χ0n) is 19.0. The number of carbonyl (C=O) groups excluding carboxylic acids is 1. The van der Waals surface area contributed by atoms with E-state index in [4.69, 9.17) is 4.74 Å². The Labute approximate surface area is 193 Å². The molecule has 1 amide bonds. The fourth-order valence-corrected chi connectivity index (χ4v) is 5.11. The molecule has 1 aromatic carbocycles. The molecule has 0 aliphatic carbocycles. The number of nitrogens with one attached hydrogen (secondary N) is 2. The molecule has 33 heavy (non-hydrogen) atoms. The largest absolute Gasteiger partial charge is 0.389 e. The van der Waals surface area contributed by atoms with Crippen LogP contribution in [0.3, 0.4) is 0 Å². The van der Waals surface area contributed by atoms with Crippen molar-refractivity contribution in [3.63, 3.8) is 0 Å². The Bertz CT molecular complexity index is 906. The van der Waals surface area contributed by atoms with Gasteiger partial charge in [-0.05, 0) is 37.0 Å². The Morgan fingerprint density at radius 1 is 1.30 bits per heavy atom. The Balaban J connectivity index is 1.67. The first-order valence-corrected chi connectivity index (χ1v) is 13.1. The summed E-state index contributed by atoms with van der Waals surface area (Å²) >= 11 is 0. The maximum atomic E-state index is 13.7. The molecule has 2 saturated heterocycles. The number of aliphatic hydroxyl groups excluding tert-OH is 1. The first-order chi connectivity index (χ1) is 15.6. The van der Waals surface area contributed by atoms with Crippen LogP contribution in [0.5, 0.6) is 0 Å². The second kappa shape index (κ2) is 11.2. The van der Waals surface area contributed by atoms with Gasteiger partial charge in [-0.2, -0.15) is 0 Å². The van der Waals surface area contributed by atoms with Crippen molar-refractivity contribution in [3.05, 3.63) is 35.4 Å². The van der Waals surface area contributed by atoms with Crippen molar-refractivity contribution in [1.82, 2.24) is 14.9 Å². The summed E-state index contributed by atoms with van der Waals surface area (Å²) in [5.74, 6) is -2.42. The van der Waals surface area contributed by atoms with Crippen LogP contribution in [0.2, 0.25) is 0 Å². The standard InChI is InChI=1S/C22H33F2N3O5S/c1-3-4-5-32-18-10-19(25-11-18)21(28)20(8-14-6-16(23)9-17(24)7-14)26-22(29)15-12-27(13-15)33(2,30)31/h6-7,9,15,18-21,25,28H,3-5,8,10-13H2,1-2H3,(H,26,29)/t18-,19-,20+,21-/m1/s1. The van der Waals surface area contributed by atoms with Gasteiger partial charge >= 0.3 is 0 Å². The van der Waals surface area contributed by atoms with Crippen molar-refractivity contribution in [2.24, 2.45) is 5.92 Å². The van der Waals surface area contributed by atoms with E-state index in [-0.39, 0.29) is 31.7 Å². The van der Waals surface area contributed by atoms with Crippen molar-refractivity contribution in [3.8, 4) is 0 Å². The quantitative estimate of drug-likeness (QED) is 0.397. The fraction of sp³-hybridized carbons (Fsp3) is 0.682. The normalized spacial score (nSPS) is 23.8. The van der Waals surface area contributed by atoms with Gasteiger partial charge in [0, 0.05) is 38.3 Å². The van der Waals surface area contributed by atoms with Crippen LogP contribution >= 0.6 is 0 Å². The summed E-state index contributed by atoms with van der Waals surface area (Å²) in [6.07, 6.45) is 2.50. The SMILES string of the molecule is CCCCO[C@H]1CN[C@@H]([C@@H](O)[C@H](Cc2cc(F)cc(F)c2)NC(=O)C2CN(S(C)(=O)=O)C2)C1. The number of nitrogens with zero attached hydrogens (tertiary/aromatic N) is 1. The Morgan fingerprint density at radius 3 is 2.58 bits per heavy atom. The molecule has 2 fully saturated rings. The molecule has 2 aliphatic heterocycles. The molecule has 3 rings (SSSR count). The molecule has 0 saturated carbocycles. The van der Waals surface area contributed by atoms with Crippen molar-refractivity contribution in [2.45, 2.75) is 56.9 Å². The fourth-order valence-electron chi connectivity index (χ4n) is 4.21. The molecule has 186 valence electrons. The van der Waals surface area contributed by atoms with Gasteiger partial charge in [0.25, 0.3) is 0 Å². The molecule has 0 unspecified atom stereocenters. The first-order valence-electron chi connectivity index (χ1n) is 11.3. The number of hydrogen-bond donors (Lipinski definition) is 3. The third kappa shape index (κ3) is 7.16. The van der Waals surface area contributed by atoms with Gasteiger partial charge in [-0.3, -0.25) is 4.79 Å². The van der Waals surface area contributed by atoms with Gasteiger partial charge in [0.05, 0.1) is 30.4 Å². The second-order valence-electron chi connectivity index (χ2n) is 8.96. The van der Waals surface area contributed by atoms with Gasteiger partial charge < -0.3 is 20.5 Å². The number of aliphatic hydroxyl groups is 1. The smallest absolute Gasteiger partial charge is 0.226 e. The van der Waals surface area contributed by atoms with E-state index in [1.54, 1.807) is 0 Å². The number of rotatable bonds is 11. The van der Waals surface area contributed by atoms with Gasteiger partial charge in [0.15, 0.2) is 0 Å². The molecule has 8 nitrogen and oxygen atoms in total. The minimum atomic E-state index is -3.37. The van der Waals surface area contributed by atoms with Crippen molar-refractivity contribution in [1.29, 1.82) is 0 Å². The van der Waals surface area contributed by atoms with Crippen LogP contribution in [0.15, 0.2) is 18.2 Å². The molecule has 0 bridgehead atoms. The van der Waals surface area contributed by atoms with Crippen LogP contribution in [-0.4, -0.2) is 80.5 Å². The number of benzene rings is 1. The van der Waals surface area contributed by atoms with E-state index in [2.05, 4.69) is 17.6 Å². The lowest BCUT2D eigenvalue weighted by atomic mass is 9.93. The van der Waals surface area contributed by atoms with Crippen LogP contribution in [-0.2, 0) is 26.0 Å². The summed E-state index contributed by atoms with van der Waals surface area (Å²) in [5.41, 5.74) is 0.303. The van der Waals surface area contributed by atoms with Crippen molar-refractivity contribution < 1.29 is 31.8 Å². The average Bonchev–Trinajstić information content (AvgIpc) is 3.13. The zero-order valence-corrected chi connectivity index (χ0v) is 19.8. The lowest BCUT2D eigenvalue weighted by molar-refractivity contribution is -0.130.